The van der Waals surface area contributed by atoms with Gasteiger partial charge in [0.2, 0.25) is 0 Å². The highest BCUT2D eigenvalue weighted by Gasteiger charge is 2.53. The molecular weight excluding hydrogens is 316 g/mol. The van der Waals surface area contributed by atoms with Crippen molar-refractivity contribution in [3.63, 3.8) is 0 Å². The van der Waals surface area contributed by atoms with Gasteiger partial charge in [0.15, 0.2) is 17.3 Å². The highest BCUT2D eigenvalue weighted by molar-refractivity contribution is 6.04. The molecule has 2 aliphatic rings. The predicted molar refractivity (Wildman–Crippen MR) is 83.2 cm³/mol. The first-order chi connectivity index (χ1) is 11.2. The minimum atomic E-state index is -1.35. The highest BCUT2D eigenvalue weighted by Crippen LogP contribution is 2.55. The van der Waals surface area contributed by atoms with Crippen molar-refractivity contribution in [2.75, 3.05) is 14.2 Å². The SMILES string of the molecule is COc1cc(O)c2c(c1O)[C@H](OC)[C@H]1C[C@](C)(O)[C@H](O)C[C@@H]1C2=O. The molecule has 0 radical (unpaired) electrons. The summed E-state index contributed by atoms with van der Waals surface area (Å²) >= 11 is 0. The molecule has 0 unspecified atom stereocenters. The van der Waals surface area contributed by atoms with E-state index < -0.39 is 29.6 Å². The van der Waals surface area contributed by atoms with Gasteiger partial charge >= 0.3 is 0 Å². The van der Waals surface area contributed by atoms with Crippen LogP contribution < -0.4 is 4.74 Å². The van der Waals surface area contributed by atoms with Crippen LogP contribution in [0.4, 0.5) is 0 Å². The van der Waals surface area contributed by atoms with Gasteiger partial charge in [0.05, 0.1) is 30.5 Å². The molecule has 0 spiro atoms. The van der Waals surface area contributed by atoms with Gasteiger partial charge in [-0.3, -0.25) is 4.79 Å². The van der Waals surface area contributed by atoms with Crippen LogP contribution in [0.25, 0.3) is 0 Å². The Morgan fingerprint density at radius 2 is 1.96 bits per heavy atom. The molecule has 0 aromatic heterocycles. The van der Waals surface area contributed by atoms with Gasteiger partial charge in [-0.05, 0) is 19.8 Å². The van der Waals surface area contributed by atoms with E-state index in [1.807, 2.05) is 0 Å². The van der Waals surface area contributed by atoms with Crippen LogP contribution >= 0.6 is 0 Å². The Kier molecular flexibility index (Phi) is 3.98. The number of aromatic hydroxyl groups is 2. The molecule has 0 saturated heterocycles. The van der Waals surface area contributed by atoms with Gasteiger partial charge in [-0.15, -0.1) is 0 Å². The van der Waals surface area contributed by atoms with Crippen molar-refractivity contribution in [1.82, 2.24) is 0 Å². The third-order valence-electron chi connectivity index (χ3n) is 5.37. The van der Waals surface area contributed by atoms with Gasteiger partial charge in [-0.1, -0.05) is 0 Å². The molecule has 4 N–H and O–H groups in total. The number of carbonyl (C=O) groups is 1. The summed E-state index contributed by atoms with van der Waals surface area (Å²) in [6.45, 7) is 1.52. The lowest BCUT2D eigenvalue weighted by Gasteiger charge is -2.47. The largest absolute Gasteiger partial charge is 0.507 e. The number of benzene rings is 1. The lowest BCUT2D eigenvalue weighted by Crippen LogP contribution is -2.53. The van der Waals surface area contributed by atoms with Gasteiger partial charge < -0.3 is 29.9 Å². The van der Waals surface area contributed by atoms with Crippen molar-refractivity contribution < 1.29 is 34.7 Å². The molecule has 24 heavy (non-hydrogen) atoms. The van der Waals surface area contributed by atoms with Crippen LogP contribution in [0.1, 0.15) is 41.8 Å². The van der Waals surface area contributed by atoms with Crippen LogP contribution in [0.5, 0.6) is 17.2 Å². The molecule has 132 valence electrons. The molecule has 0 aliphatic heterocycles. The number of phenolic OH excluding ortho intramolecular Hbond substituents is 2. The second kappa shape index (κ2) is 5.61. The molecule has 1 saturated carbocycles. The summed E-state index contributed by atoms with van der Waals surface area (Å²) in [5.74, 6) is -1.90. The first kappa shape index (κ1) is 17.0. The second-order valence-electron chi connectivity index (χ2n) is 6.84. The molecule has 1 aromatic carbocycles. The molecule has 5 atom stereocenters. The summed E-state index contributed by atoms with van der Waals surface area (Å²) in [6.07, 6.45) is -1.54. The number of fused-ring (bicyclic) bond motifs is 2. The van der Waals surface area contributed by atoms with E-state index >= 15 is 0 Å². The van der Waals surface area contributed by atoms with E-state index in [1.54, 1.807) is 0 Å². The number of hydrogen-bond acceptors (Lipinski definition) is 7. The van der Waals surface area contributed by atoms with E-state index in [0.29, 0.717) is 0 Å². The first-order valence-corrected chi connectivity index (χ1v) is 7.83. The van der Waals surface area contributed by atoms with E-state index in [4.69, 9.17) is 9.47 Å². The minimum absolute atomic E-state index is 0.00450. The maximum Gasteiger partial charge on any atom is 0.170 e. The van der Waals surface area contributed by atoms with Crippen molar-refractivity contribution in [1.29, 1.82) is 0 Å². The molecule has 3 rings (SSSR count). The first-order valence-electron chi connectivity index (χ1n) is 7.83. The van der Waals surface area contributed by atoms with Crippen LogP contribution in [-0.4, -0.2) is 52.1 Å². The van der Waals surface area contributed by atoms with E-state index in [1.165, 1.54) is 27.2 Å². The van der Waals surface area contributed by atoms with E-state index in [2.05, 4.69) is 0 Å². The fourth-order valence-corrected chi connectivity index (χ4v) is 4.08. The molecule has 0 bridgehead atoms. The third kappa shape index (κ3) is 2.27. The van der Waals surface area contributed by atoms with Crippen LogP contribution in [0, 0.1) is 11.8 Å². The summed E-state index contributed by atoms with van der Waals surface area (Å²) in [7, 11) is 2.79. The summed E-state index contributed by atoms with van der Waals surface area (Å²) < 4.78 is 10.6. The van der Waals surface area contributed by atoms with Crippen molar-refractivity contribution >= 4 is 5.78 Å². The Bertz CT molecular complexity index is 682. The Morgan fingerprint density at radius 3 is 2.54 bits per heavy atom. The van der Waals surface area contributed by atoms with Gasteiger partial charge in [0.1, 0.15) is 5.75 Å². The number of ketones is 1. The Morgan fingerprint density at radius 1 is 1.29 bits per heavy atom. The van der Waals surface area contributed by atoms with E-state index in [9.17, 15) is 25.2 Å². The number of aliphatic hydroxyl groups is 2. The molecule has 1 aromatic rings. The number of methoxy groups -OCH3 is 2. The normalized spacial score (nSPS) is 35.3. The van der Waals surface area contributed by atoms with Crippen LogP contribution in [0.15, 0.2) is 6.07 Å². The number of Topliss-reactive ketones (excluding diaryl/α,β-unsaturated/α-hetero) is 1. The quantitative estimate of drug-likeness (QED) is 0.597. The summed E-state index contributed by atoms with van der Waals surface area (Å²) in [4.78, 5) is 12.9. The van der Waals surface area contributed by atoms with Crippen LogP contribution in [-0.2, 0) is 4.74 Å². The third-order valence-corrected chi connectivity index (χ3v) is 5.37. The minimum Gasteiger partial charge on any atom is -0.507 e. The number of rotatable bonds is 2. The fraction of sp³-hybridized carbons (Fsp3) is 0.588. The zero-order valence-electron chi connectivity index (χ0n) is 13.8. The number of hydrogen-bond donors (Lipinski definition) is 4. The van der Waals surface area contributed by atoms with Gasteiger partial charge in [0, 0.05) is 30.6 Å². The lowest BCUT2D eigenvalue weighted by atomic mass is 9.61. The van der Waals surface area contributed by atoms with Crippen molar-refractivity contribution in [3.8, 4) is 17.2 Å². The molecule has 1 fully saturated rings. The Balaban J connectivity index is 2.20. The average Bonchev–Trinajstić information content (AvgIpc) is 2.52. The smallest absolute Gasteiger partial charge is 0.170 e. The maximum absolute atomic E-state index is 12.9. The Hall–Kier alpha value is -1.83. The highest BCUT2D eigenvalue weighted by atomic mass is 16.5. The zero-order valence-corrected chi connectivity index (χ0v) is 13.8. The monoisotopic (exact) mass is 338 g/mol. The number of phenols is 2. The van der Waals surface area contributed by atoms with Crippen molar-refractivity contribution in [2.45, 2.75) is 37.6 Å². The summed E-state index contributed by atoms with van der Waals surface area (Å²) in [5, 5.41) is 41.3. The average molecular weight is 338 g/mol. The summed E-state index contributed by atoms with van der Waals surface area (Å²) in [6, 6.07) is 1.19. The zero-order chi connectivity index (χ0) is 17.8. The van der Waals surface area contributed by atoms with Gasteiger partial charge in [0.25, 0.3) is 0 Å². The number of carbonyl (C=O) groups excluding carboxylic acids is 1. The second-order valence-corrected chi connectivity index (χ2v) is 6.84. The van der Waals surface area contributed by atoms with E-state index in [0.717, 1.165) is 0 Å². The van der Waals surface area contributed by atoms with Crippen molar-refractivity contribution in [3.05, 3.63) is 17.2 Å². The maximum atomic E-state index is 12.9. The topological polar surface area (TPSA) is 116 Å². The predicted octanol–water partition coefficient (Wildman–Crippen LogP) is 1.13. The van der Waals surface area contributed by atoms with Gasteiger partial charge in [-0.25, -0.2) is 0 Å². The van der Waals surface area contributed by atoms with Crippen LogP contribution in [0.3, 0.4) is 0 Å². The van der Waals surface area contributed by atoms with E-state index in [-0.39, 0.29) is 47.0 Å². The Labute approximate surface area is 139 Å². The number of ether oxygens (including phenoxy) is 2. The lowest BCUT2D eigenvalue weighted by molar-refractivity contribution is -0.135. The molecule has 2 aliphatic carbocycles. The molecule has 0 amide bonds. The fourth-order valence-electron chi connectivity index (χ4n) is 4.08. The van der Waals surface area contributed by atoms with Gasteiger partial charge in [-0.2, -0.15) is 0 Å². The van der Waals surface area contributed by atoms with Crippen molar-refractivity contribution in [2.24, 2.45) is 11.8 Å². The molecular formula is C17H22O7. The molecule has 7 nitrogen and oxygen atoms in total. The van der Waals surface area contributed by atoms with Crippen LogP contribution in [0.2, 0.25) is 0 Å². The standard InChI is InChI=1S/C17H22O7/c1-17(22)6-8-7(4-11(17)19)14(20)12-9(18)5-10(23-2)15(21)13(12)16(8)24-3/h5,7-8,11,16,18-19,21-22H,4,6H2,1-3H3/t7-,8-,11+,16+,17-/m0/s1. The molecule has 7 heteroatoms. The number of aliphatic hydroxyl groups excluding tert-OH is 1. The molecule has 0 heterocycles. The summed E-state index contributed by atoms with van der Waals surface area (Å²) in [5.41, 5.74) is -1.19.